The summed E-state index contributed by atoms with van der Waals surface area (Å²) >= 11 is 1.56. The van der Waals surface area contributed by atoms with Gasteiger partial charge in [-0.15, -0.1) is 11.3 Å². The highest BCUT2D eigenvalue weighted by Crippen LogP contribution is 2.32. The molecule has 0 saturated carbocycles. The summed E-state index contributed by atoms with van der Waals surface area (Å²) in [6.07, 6.45) is 7.70. The molecule has 0 aliphatic heterocycles. The first-order valence-electron chi connectivity index (χ1n) is 12.1. The standard InChI is InChI=1S/C27H27N7O2S/c1-4-7-21(35)33(3)16(2)25-31-22(23-24(28)29-14-15-34(23)25)17-10-12-18(13-11-17)26(36)32-27-30-19-8-5-6-9-20(19)37-27/h10-16H,5-6,8-9H2,1-3H3,(H2,28,29)(H,30,32,36)/t16-/m0/s1. The summed E-state index contributed by atoms with van der Waals surface area (Å²) in [5, 5.41) is 3.58. The van der Waals surface area contributed by atoms with Crippen LogP contribution in [0.25, 0.3) is 16.8 Å². The van der Waals surface area contributed by atoms with Gasteiger partial charge in [-0.1, -0.05) is 18.1 Å². The summed E-state index contributed by atoms with van der Waals surface area (Å²) in [5.41, 5.74) is 9.91. The van der Waals surface area contributed by atoms with E-state index in [1.165, 1.54) is 16.2 Å². The Morgan fingerprint density at radius 1 is 1.19 bits per heavy atom. The van der Waals surface area contributed by atoms with Gasteiger partial charge in [-0.2, -0.15) is 0 Å². The Hall–Kier alpha value is -4.23. The number of amides is 2. The van der Waals surface area contributed by atoms with E-state index in [1.54, 1.807) is 49.8 Å². The summed E-state index contributed by atoms with van der Waals surface area (Å²) < 4.78 is 1.84. The van der Waals surface area contributed by atoms with E-state index in [2.05, 4.69) is 27.1 Å². The molecule has 0 saturated heterocycles. The van der Waals surface area contributed by atoms with Crippen LogP contribution in [0.15, 0.2) is 36.7 Å². The predicted octanol–water partition coefficient (Wildman–Crippen LogP) is 4.11. The van der Waals surface area contributed by atoms with Gasteiger partial charge in [-0.3, -0.25) is 19.3 Å². The molecule has 1 aliphatic rings. The number of nitrogens with one attached hydrogen (secondary N) is 1. The molecular formula is C27H27N7O2S. The van der Waals surface area contributed by atoms with Crippen molar-refractivity contribution < 1.29 is 9.59 Å². The molecule has 3 heterocycles. The van der Waals surface area contributed by atoms with Gasteiger partial charge in [-0.25, -0.2) is 15.0 Å². The molecule has 3 N–H and O–H groups in total. The fourth-order valence-electron chi connectivity index (χ4n) is 4.48. The number of benzene rings is 1. The van der Waals surface area contributed by atoms with Crippen LogP contribution in [0.5, 0.6) is 0 Å². The van der Waals surface area contributed by atoms with Crippen molar-refractivity contribution >= 4 is 39.6 Å². The zero-order chi connectivity index (χ0) is 26.1. The van der Waals surface area contributed by atoms with Gasteiger partial charge in [0.1, 0.15) is 22.9 Å². The van der Waals surface area contributed by atoms with E-state index in [9.17, 15) is 9.59 Å². The van der Waals surface area contributed by atoms with Crippen molar-refractivity contribution in [1.82, 2.24) is 24.3 Å². The lowest BCUT2D eigenvalue weighted by Gasteiger charge is -2.21. The molecule has 3 aromatic heterocycles. The number of imidazole rings is 1. The second-order valence-electron chi connectivity index (χ2n) is 8.94. The Balaban J connectivity index is 1.44. The molecule has 4 aromatic rings. The summed E-state index contributed by atoms with van der Waals surface area (Å²) in [6.45, 7) is 3.51. The monoisotopic (exact) mass is 513 g/mol. The van der Waals surface area contributed by atoms with Crippen LogP contribution in [0.3, 0.4) is 0 Å². The highest BCUT2D eigenvalue weighted by Gasteiger charge is 2.24. The number of fused-ring (bicyclic) bond motifs is 2. The van der Waals surface area contributed by atoms with Crippen molar-refractivity contribution in [1.29, 1.82) is 0 Å². The summed E-state index contributed by atoms with van der Waals surface area (Å²) in [4.78, 5) is 41.8. The zero-order valence-electron chi connectivity index (χ0n) is 20.9. The number of rotatable bonds is 5. The van der Waals surface area contributed by atoms with Gasteiger partial charge in [-0.05, 0) is 57.6 Å². The van der Waals surface area contributed by atoms with E-state index >= 15 is 0 Å². The van der Waals surface area contributed by atoms with Crippen LogP contribution in [-0.2, 0) is 17.6 Å². The Morgan fingerprint density at radius 3 is 2.68 bits per heavy atom. The molecule has 188 valence electrons. The lowest BCUT2D eigenvalue weighted by atomic mass is 10.0. The van der Waals surface area contributed by atoms with Crippen molar-refractivity contribution in [3.05, 3.63) is 58.6 Å². The highest BCUT2D eigenvalue weighted by atomic mass is 32.1. The molecule has 0 spiro atoms. The number of thiazole rings is 1. The summed E-state index contributed by atoms with van der Waals surface area (Å²) in [7, 11) is 1.69. The second kappa shape index (κ2) is 10.0. The SMILES string of the molecule is CC#CC(=O)N(C)[C@@H](C)c1nc(-c2ccc(C(=O)Nc3nc4c(s3)CCCC4)cc2)c2c(N)nccn12. The molecule has 9 nitrogen and oxygen atoms in total. The first-order chi connectivity index (χ1) is 17.9. The highest BCUT2D eigenvalue weighted by molar-refractivity contribution is 7.15. The molecule has 0 bridgehead atoms. The van der Waals surface area contributed by atoms with Gasteiger partial charge >= 0.3 is 0 Å². The third kappa shape index (κ3) is 4.66. The summed E-state index contributed by atoms with van der Waals surface area (Å²) in [5.74, 6) is 5.64. The van der Waals surface area contributed by atoms with E-state index in [0.29, 0.717) is 33.5 Å². The number of hydrogen-bond donors (Lipinski definition) is 2. The number of aromatic nitrogens is 4. The first kappa shape index (κ1) is 24.5. The zero-order valence-corrected chi connectivity index (χ0v) is 21.7. The Bertz CT molecular complexity index is 1540. The molecule has 1 aliphatic carbocycles. The van der Waals surface area contributed by atoms with E-state index in [4.69, 9.17) is 10.7 Å². The van der Waals surface area contributed by atoms with Crippen molar-refractivity contribution in [3.63, 3.8) is 0 Å². The minimum Gasteiger partial charge on any atom is -0.382 e. The largest absolute Gasteiger partial charge is 0.382 e. The van der Waals surface area contributed by atoms with Gasteiger partial charge in [0.15, 0.2) is 5.13 Å². The van der Waals surface area contributed by atoms with E-state index in [1.807, 2.05) is 23.5 Å². The average Bonchev–Trinajstić information content (AvgIpc) is 3.50. The van der Waals surface area contributed by atoms with E-state index in [-0.39, 0.29) is 17.9 Å². The van der Waals surface area contributed by atoms with Crippen LogP contribution < -0.4 is 11.1 Å². The van der Waals surface area contributed by atoms with Crippen LogP contribution in [0.1, 0.15) is 59.5 Å². The van der Waals surface area contributed by atoms with Gasteiger partial charge in [0.05, 0.1) is 11.7 Å². The van der Waals surface area contributed by atoms with Gasteiger partial charge < -0.3 is 10.6 Å². The number of hydrogen-bond acceptors (Lipinski definition) is 7. The average molecular weight is 514 g/mol. The predicted molar refractivity (Wildman–Crippen MR) is 144 cm³/mol. The Kier molecular flexibility index (Phi) is 6.63. The quantitative estimate of drug-likeness (QED) is 0.388. The molecule has 10 heteroatoms. The van der Waals surface area contributed by atoms with Gasteiger partial charge in [0, 0.05) is 35.4 Å². The molecule has 1 atom stereocenters. The molecule has 0 unspecified atom stereocenters. The third-order valence-corrected chi connectivity index (χ3v) is 7.68. The number of nitrogen functional groups attached to an aromatic ring is 1. The summed E-state index contributed by atoms with van der Waals surface area (Å²) in [6, 6.07) is 6.81. The molecule has 0 radical (unpaired) electrons. The topological polar surface area (TPSA) is 119 Å². The van der Waals surface area contributed by atoms with E-state index < -0.39 is 0 Å². The normalized spacial score (nSPS) is 13.4. The molecule has 1 aromatic carbocycles. The molecule has 37 heavy (non-hydrogen) atoms. The van der Waals surface area contributed by atoms with Crippen molar-refractivity contribution in [2.24, 2.45) is 0 Å². The van der Waals surface area contributed by atoms with Crippen molar-refractivity contribution in [3.8, 4) is 23.1 Å². The number of carbonyl (C=O) groups excluding carboxylic acids is 2. The Morgan fingerprint density at radius 2 is 1.95 bits per heavy atom. The Labute approximate surface area is 218 Å². The van der Waals surface area contributed by atoms with Crippen LogP contribution in [-0.4, -0.2) is 43.1 Å². The lowest BCUT2D eigenvalue weighted by Crippen LogP contribution is -2.29. The number of nitrogens with two attached hydrogens (primary N) is 1. The van der Waals surface area contributed by atoms with Crippen LogP contribution in [0.2, 0.25) is 0 Å². The van der Waals surface area contributed by atoms with Crippen molar-refractivity contribution in [2.75, 3.05) is 18.1 Å². The van der Waals surface area contributed by atoms with E-state index in [0.717, 1.165) is 30.5 Å². The van der Waals surface area contributed by atoms with Crippen LogP contribution in [0.4, 0.5) is 10.9 Å². The molecule has 0 fully saturated rings. The fourth-order valence-corrected chi connectivity index (χ4v) is 5.53. The number of nitrogens with zero attached hydrogens (tertiary/aromatic N) is 5. The van der Waals surface area contributed by atoms with Crippen LogP contribution in [0, 0.1) is 11.8 Å². The first-order valence-corrected chi connectivity index (χ1v) is 12.9. The molecule has 5 rings (SSSR count). The second-order valence-corrected chi connectivity index (χ2v) is 10.0. The minimum atomic E-state index is -0.370. The number of anilines is 2. The van der Waals surface area contributed by atoms with Gasteiger partial charge in [0.2, 0.25) is 0 Å². The third-order valence-electron chi connectivity index (χ3n) is 6.60. The maximum absolute atomic E-state index is 12.9. The minimum absolute atomic E-state index is 0.208. The smallest absolute Gasteiger partial charge is 0.298 e. The number of carbonyl (C=O) groups is 2. The number of aryl methyl sites for hydroxylation is 2. The fraction of sp³-hybridized carbons (Fsp3) is 0.296. The molecule has 2 amide bonds. The maximum Gasteiger partial charge on any atom is 0.298 e. The maximum atomic E-state index is 12.9. The van der Waals surface area contributed by atoms with Crippen molar-refractivity contribution in [2.45, 2.75) is 45.6 Å². The lowest BCUT2D eigenvalue weighted by molar-refractivity contribution is -0.125. The van der Waals surface area contributed by atoms with Gasteiger partial charge in [0.25, 0.3) is 11.8 Å². The molecular weight excluding hydrogens is 486 g/mol. The van der Waals surface area contributed by atoms with Crippen LogP contribution >= 0.6 is 11.3 Å².